The fraction of sp³-hybridized carbons (Fsp3) is 0.714. The van der Waals surface area contributed by atoms with Crippen molar-refractivity contribution in [3.8, 4) is 0 Å². The summed E-state index contributed by atoms with van der Waals surface area (Å²) in [6.45, 7) is 7.31. The summed E-state index contributed by atoms with van der Waals surface area (Å²) in [5.41, 5.74) is 0. The second-order valence-corrected chi connectivity index (χ2v) is 7.24. The second-order valence-electron chi connectivity index (χ2n) is 5.46. The lowest BCUT2D eigenvalue weighted by molar-refractivity contribution is 0.199. The maximum Gasteiger partial charge on any atom is 0.276 e. The highest BCUT2D eigenvalue weighted by Gasteiger charge is 2.37. The maximum atomic E-state index is 12.7. The van der Waals surface area contributed by atoms with Crippen LogP contribution in [0.25, 0.3) is 0 Å². The number of hydrogen-bond donors (Lipinski definition) is 1. The predicted molar refractivity (Wildman–Crippen MR) is 77.9 cm³/mol. The largest absolute Gasteiger partial charge is 0.447 e. The smallest absolute Gasteiger partial charge is 0.276 e. The topological polar surface area (TPSA) is 62.6 Å². The van der Waals surface area contributed by atoms with Crippen LogP contribution in [0.15, 0.2) is 21.6 Å². The van der Waals surface area contributed by atoms with E-state index in [1.807, 2.05) is 20.8 Å². The van der Waals surface area contributed by atoms with Gasteiger partial charge in [-0.15, -0.1) is 0 Å². The van der Waals surface area contributed by atoms with Crippen LogP contribution in [0.3, 0.4) is 0 Å². The molecule has 1 saturated heterocycles. The Kier molecular flexibility index (Phi) is 4.88. The summed E-state index contributed by atoms with van der Waals surface area (Å²) >= 11 is 0. The molecule has 1 aliphatic heterocycles. The van der Waals surface area contributed by atoms with E-state index in [2.05, 4.69) is 5.32 Å². The summed E-state index contributed by atoms with van der Waals surface area (Å²) in [5, 5.41) is 3.19. The molecule has 1 aliphatic rings. The Balaban J connectivity index is 2.22. The van der Waals surface area contributed by atoms with E-state index in [1.165, 1.54) is 0 Å². The lowest BCUT2D eigenvalue weighted by Gasteiger charge is -2.36. The van der Waals surface area contributed by atoms with E-state index in [9.17, 15) is 8.42 Å². The third kappa shape index (κ3) is 3.07. The van der Waals surface area contributed by atoms with Crippen molar-refractivity contribution in [2.24, 2.45) is 0 Å². The van der Waals surface area contributed by atoms with Gasteiger partial charge in [0.05, 0.1) is 6.54 Å². The average molecular weight is 300 g/mol. The first kappa shape index (κ1) is 15.5. The average Bonchev–Trinajstić information content (AvgIpc) is 2.85. The first-order valence-electron chi connectivity index (χ1n) is 7.29. The van der Waals surface area contributed by atoms with E-state index < -0.39 is 10.0 Å². The Morgan fingerprint density at radius 1 is 1.30 bits per heavy atom. The van der Waals surface area contributed by atoms with Gasteiger partial charge in [0.2, 0.25) is 5.09 Å². The van der Waals surface area contributed by atoms with E-state index in [0.717, 1.165) is 25.8 Å². The summed E-state index contributed by atoms with van der Waals surface area (Å²) < 4.78 is 32.5. The molecule has 0 bridgehead atoms. The zero-order valence-corrected chi connectivity index (χ0v) is 13.2. The minimum atomic E-state index is -3.53. The van der Waals surface area contributed by atoms with Crippen LogP contribution in [0.1, 0.15) is 45.8 Å². The maximum absolute atomic E-state index is 12.7. The number of piperidine rings is 1. The molecule has 2 heterocycles. The molecule has 2 atom stereocenters. The molecule has 1 aromatic rings. The minimum absolute atomic E-state index is 0.0334. The van der Waals surface area contributed by atoms with Crippen molar-refractivity contribution in [1.82, 2.24) is 9.62 Å². The Hall–Kier alpha value is -0.850. The zero-order chi connectivity index (χ0) is 14.8. The first-order valence-corrected chi connectivity index (χ1v) is 8.73. The van der Waals surface area contributed by atoms with E-state index in [0.29, 0.717) is 12.3 Å². The van der Waals surface area contributed by atoms with Crippen molar-refractivity contribution >= 4 is 10.0 Å². The summed E-state index contributed by atoms with van der Waals surface area (Å²) in [6, 6.07) is 3.36. The standard InChI is InChI=1S/C14H24N2O3S/c1-4-15-10-13-8-9-14(19-13)20(17,18)16-11(2)6-5-7-12(16)3/h8-9,11-12,15H,4-7,10H2,1-3H3/t11-,12+. The van der Waals surface area contributed by atoms with Crippen molar-refractivity contribution in [3.05, 3.63) is 17.9 Å². The predicted octanol–water partition coefficient (Wildman–Crippen LogP) is 2.34. The SMILES string of the molecule is CCNCc1ccc(S(=O)(=O)N2[C@H](C)CCC[C@@H]2C)o1. The minimum Gasteiger partial charge on any atom is -0.447 e. The lowest BCUT2D eigenvalue weighted by Crippen LogP contribution is -2.47. The van der Waals surface area contributed by atoms with Crippen LogP contribution in [0, 0.1) is 0 Å². The van der Waals surface area contributed by atoms with Crippen molar-refractivity contribution in [3.63, 3.8) is 0 Å². The van der Waals surface area contributed by atoms with Crippen LogP contribution in [0.2, 0.25) is 0 Å². The van der Waals surface area contributed by atoms with Crippen molar-refractivity contribution in [2.45, 2.75) is 63.8 Å². The quantitative estimate of drug-likeness (QED) is 0.906. The molecule has 0 saturated carbocycles. The van der Waals surface area contributed by atoms with Gasteiger partial charge in [0, 0.05) is 12.1 Å². The van der Waals surface area contributed by atoms with Crippen LogP contribution >= 0.6 is 0 Å². The highest BCUT2D eigenvalue weighted by atomic mass is 32.2. The zero-order valence-electron chi connectivity index (χ0n) is 12.4. The van der Waals surface area contributed by atoms with Gasteiger partial charge in [-0.2, -0.15) is 4.31 Å². The van der Waals surface area contributed by atoms with E-state index >= 15 is 0 Å². The monoisotopic (exact) mass is 300 g/mol. The molecule has 1 aromatic heterocycles. The molecule has 114 valence electrons. The fourth-order valence-corrected chi connectivity index (χ4v) is 4.63. The Morgan fingerprint density at radius 2 is 1.95 bits per heavy atom. The van der Waals surface area contributed by atoms with Gasteiger partial charge in [-0.1, -0.05) is 13.3 Å². The van der Waals surface area contributed by atoms with E-state index in [1.54, 1.807) is 16.4 Å². The molecular weight excluding hydrogens is 276 g/mol. The molecule has 0 amide bonds. The Bertz CT molecular complexity index is 528. The van der Waals surface area contributed by atoms with Gasteiger partial charge in [-0.25, -0.2) is 8.42 Å². The third-order valence-corrected chi connectivity index (χ3v) is 5.83. The van der Waals surface area contributed by atoms with Crippen LogP contribution in [-0.2, 0) is 16.6 Å². The lowest BCUT2D eigenvalue weighted by atomic mass is 10.0. The Morgan fingerprint density at radius 3 is 2.55 bits per heavy atom. The summed E-state index contributed by atoms with van der Waals surface area (Å²) in [4.78, 5) is 0. The van der Waals surface area contributed by atoms with Gasteiger partial charge in [0.25, 0.3) is 10.0 Å². The van der Waals surface area contributed by atoms with E-state index in [4.69, 9.17) is 4.42 Å². The first-order chi connectivity index (χ1) is 9.46. The normalized spacial score (nSPS) is 24.9. The highest BCUT2D eigenvalue weighted by Crippen LogP contribution is 2.30. The molecule has 0 spiro atoms. The molecular formula is C14H24N2O3S. The summed E-state index contributed by atoms with van der Waals surface area (Å²) in [6.07, 6.45) is 2.90. The number of rotatable bonds is 5. The number of hydrogen-bond acceptors (Lipinski definition) is 4. The summed E-state index contributed by atoms with van der Waals surface area (Å²) in [5.74, 6) is 0.655. The molecule has 2 rings (SSSR count). The highest BCUT2D eigenvalue weighted by molar-refractivity contribution is 7.89. The van der Waals surface area contributed by atoms with Crippen LogP contribution < -0.4 is 5.32 Å². The van der Waals surface area contributed by atoms with Gasteiger partial charge in [0.1, 0.15) is 5.76 Å². The van der Waals surface area contributed by atoms with Gasteiger partial charge in [-0.05, 0) is 45.4 Å². The van der Waals surface area contributed by atoms with Gasteiger partial charge >= 0.3 is 0 Å². The van der Waals surface area contributed by atoms with Crippen LogP contribution in [0.5, 0.6) is 0 Å². The molecule has 1 N–H and O–H groups in total. The second kappa shape index (κ2) is 6.28. The fourth-order valence-electron chi connectivity index (χ4n) is 2.82. The molecule has 0 aromatic carbocycles. The van der Waals surface area contributed by atoms with Gasteiger partial charge in [-0.3, -0.25) is 0 Å². The van der Waals surface area contributed by atoms with Crippen molar-refractivity contribution < 1.29 is 12.8 Å². The van der Waals surface area contributed by atoms with Gasteiger partial charge in [0.15, 0.2) is 0 Å². The van der Waals surface area contributed by atoms with Gasteiger partial charge < -0.3 is 9.73 Å². The van der Waals surface area contributed by atoms with Crippen molar-refractivity contribution in [2.75, 3.05) is 6.54 Å². The van der Waals surface area contributed by atoms with E-state index in [-0.39, 0.29) is 17.2 Å². The Labute approximate surface area is 121 Å². The molecule has 0 aliphatic carbocycles. The molecule has 0 radical (unpaired) electrons. The molecule has 5 nitrogen and oxygen atoms in total. The number of nitrogens with one attached hydrogen (secondary N) is 1. The molecule has 6 heteroatoms. The van der Waals surface area contributed by atoms with Crippen LogP contribution in [-0.4, -0.2) is 31.4 Å². The summed E-state index contributed by atoms with van der Waals surface area (Å²) in [7, 11) is -3.53. The number of nitrogens with zero attached hydrogens (tertiary/aromatic N) is 1. The van der Waals surface area contributed by atoms with Crippen LogP contribution in [0.4, 0.5) is 0 Å². The molecule has 1 fully saturated rings. The molecule has 0 unspecified atom stereocenters. The van der Waals surface area contributed by atoms with Crippen molar-refractivity contribution in [1.29, 1.82) is 0 Å². The number of furan rings is 1. The molecule has 20 heavy (non-hydrogen) atoms. The number of sulfonamides is 1. The third-order valence-electron chi connectivity index (χ3n) is 3.83.